The minimum Gasteiger partial charge on any atom is -0.325 e. The number of amides is 1. The number of ketones is 1. The predicted molar refractivity (Wildman–Crippen MR) is 79.3 cm³/mol. The molecule has 1 rings (SSSR count). The first-order chi connectivity index (χ1) is 8.63. The smallest absolute Gasteiger partial charge is 0.224 e. The first kappa shape index (κ1) is 15.1. The summed E-state index contributed by atoms with van der Waals surface area (Å²) in [4.78, 5) is 23.6. The monoisotopic (exact) mass is 283 g/mol. The standard InChI is InChI=1S/C13H17NO2S2/c1-4-6-11(16)14-9-7-5-8-10(15)12(9)13(17-2)18-3/h5,7-8H,4,6H2,1-3H3,(H,14,16). The first-order valence-electron chi connectivity index (χ1n) is 5.69. The molecule has 1 aliphatic carbocycles. The highest BCUT2D eigenvalue weighted by Crippen LogP contribution is 2.32. The summed E-state index contributed by atoms with van der Waals surface area (Å²) in [5, 5.41) is 2.81. The van der Waals surface area contributed by atoms with Gasteiger partial charge in [0.15, 0.2) is 5.78 Å². The summed E-state index contributed by atoms with van der Waals surface area (Å²) in [7, 11) is 0. The third kappa shape index (κ3) is 3.78. The highest BCUT2D eigenvalue weighted by atomic mass is 32.2. The molecule has 0 heterocycles. The Morgan fingerprint density at radius 1 is 1.33 bits per heavy atom. The largest absolute Gasteiger partial charge is 0.325 e. The molecule has 0 bridgehead atoms. The van der Waals surface area contributed by atoms with E-state index in [1.165, 1.54) is 29.6 Å². The van der Waals surface area contributed by atoms with Crippen LogP contribution in [0.2, 0.25) is 0 Å². The Hall–Kier alpha value is -0.940. The molecule has 0 radical (unpaired) electrons. The second-order valence-corrected chi connectivity index (χ2v) is 5.56. The topological polar surface area (TPSA) is 46.2 Å². The molecule has 1 N–H and O–H groups in total. The summed E-state index contributed by atoms with van der Waals surface area (Å²) in [6.45, 7) is 1.95. The van der Waals surface area contributed by atoms with E-state index in [9.17, 15) is 9.59 Å². The van der Waals surface area contributed by atoms with Crippen LogP contribution < -0.4 is 5.32 Å². The van der Waals surface area contributed by atoms with Gasteiger partial charge in [0.1, 0.15) is 0 Å². The van der Waals surface area contributed by atoms with E-state index in [4.69, 9.17) is 0 Å². The van der Waals surface area contributed by atoms with Crippen molar-refractivity contribution in [2.45, 2.75) is 19.8 Å². The quantitative estimate of drug-likeness (QED) is 0.788. The third-order valence-corrected chi connectivity index (χ3v) is 4.50. The number of hydrogen-bond acceptors (Lipinski definition) is 4. The van der Waals surface area contributed by atoms with Crippen molar-refractivity contribution in [2.75, 3.05) is 12.5 Å². The fraction of sp³-hybridized carbons (Fsp3) is 0.385. The van der Waals surface area contributed by atoms with Crippen LogP contribution in [0.3, 0.4) is 0 Å². The molecule has 0 atom stereocenters. The molecule has 0 saturated heterocycles. The number of rotatable bonds is 5. The van der Waals surface area contributed by atoms with Crippen LogP contribution in [0.25, 0.3) is 0 Å². The molecule has 0 aromatic rings. The van der Waals surface area contributed by atoms with Gasteiger partial charge in [-0.25, -0.2) is 0 Å². The average molecular weight is 283 g/mol. The summed E-state index contributed by atoms with van der Waals surface area (Å²) in [6, 6.07) is 0. The van der Waals surface area contributed by atoms with E-state index in [-0.39, 0.29) is 11.7 Å². The molecule has 0 aliphatic heterocycles. The molecule has 0 aromatic heterocycles. The second kappa shape index (κ2) is 7.48. The average Bonchev–Trinajstić information content (AvgIpc) is 2.34. The van der Waals surface area contributed by atoms with Gasteiger partial charge in [0.25, 0.3) is 0 Å². The van der Waals surface area contributed by atoms with Crippen molar-refractivity contribution in [3.05, 3.63) is 33.7 Å². The fourth-order valence-electron chi connectivity index (χ4n) is 1.57. The number of carbonyl (C=O) groups is 2. The molecule has 0 unspecified atom stereocenters. The highest BCUT2D eigenvalue weighted by Gasteiger charge is 2.20. The zero-order valence-corrected chi connectivity index (χ0v) is 12.4. The van der Waals surface area contributed by atoms with Crippen molar-refractivity contribution >= 4 is 35.2 Å². The number of carbonyl (C=O) groups excluding carboxylic acids is 2. The summed E-state index contributed by atoms with van der Waals surface area (Å²) in [5.74, 6) is -0.103. The van der Waals surface area contributed by atoms with E-state index in [2.05, 4.69) is 5.32 Å². The Labute approximate surface area is 116 Å². The second-order valence-electron chi connectivity index (χ2n) is 3.67. The Balaban J connectivity index is 3.02. The molecule has 0 aromatic carbocycles. The van der Waals surface area contributed by atoms with Crippen molar-refractivity contribution in [1.29, 1.82) is 0 Å². The number of thioether (sulfide) groups is 2. The van der Waals surface area contributed by atoms with Gasteiger partial charge in [0.2, 0.25) is 5.91 Å². The molecule has 0 spiro atoms. The molecule has 0 fully saturated rings. The van der Waals surface area contributed by atoms with Crippen LogP contribution in [0, 0.1) is 0 Å². The van der Waals surface area contributed by atoms with Gasteiger partial charge in [-0.3, -0.25) is 9.59 Å². The van der Waals surface area contributed by atoms with E-state index < -0.39 is 0 Å². The lowest BCUT2D eigenvalue weighted by atomic mass is 10.0. The van der Waals surface area contributed by atoms with E-state index in [1.807, 2.05) is 19.4 Å². The predicted octanol–water partition coefficient (Wildman–Crippen LogP) is 2.86. The van der Waals surface area contributed by atoms with Gasteiger partial charge in [-0.15, -0.1) is 23.5 Å². The van der Waals surface area contributed by atoms with Crippen molar-refractivity contribution in [2.24, 2.45) is 0 Å². The number of allylic oxidation sites excluding steroid dienone is 4. The fourth-order valence-corrected chi connectivity index (χ4v) is 3.07. The number of nitrogens with one attached hydrogen (secondary N) is 1. The van der Waals surface area contributed by atoms with Crippen LogP contribution in [0.15, 0.2) is 33.7 Å². The zero-order chi connectivity index (χ0) is 13.5. The Morgan fingerprint density at radius 3 is 2.56 bits per heavy atom. The SMILES string of the molecule is CCCC(=O)NC1=CC=CC(=O)C1=C(SC)SC. The Kier molecular flexibility index (Phi) is 6.29. The molecule has 3 nitrogen and oxygen atoms in total. The van der Waals surface area contributed by atoms with E-state index in [0.717, 1.165) is 10.7 Å². The van der Waals surface area contributed by atoms with Crippen molar-refractivity contribution in [3.8, 4) is 0 Å². The first-order valence-corrected chi connectivity index (χ1v) is 8.14. The molecule has 18 heavy (non-hydrogen) atoms. The maximum Gasteiger partial charge on any atom is 0.224 e. The van der Waals surface area contributed by atoms with Gasteiger partial charge in [0, 0.05) is 6.42 Å². The zero-order valence-electron chi connectivity index (χ0n) is 10.8. The van der Waals surface area contributed by atoms with Crippen LogP contribution in [0.1, 0.15) is 19.8 Å². The lowest BCUT2D eigenvalue weighted by Gasteiger charge is -2.16. The maximum absolute atomic E-state index is 11.9. The molecule has 98 valence electrons. The molecular weight excluding hydrogens is 266 g/mol. The van der Waals surface area contributed by atoms with Crippen LogP contribution in [0.4, 0.5) is 0 Å². The third-order valence-electron chi connectivity index (χ3n) is 2.35. The Morgan fingerprint density at radius 2 is 2.00 bits per heavy atom. The summed E-state index contributed by atoms with van der Waals surface area (Å²) in [5.41, 5.74) is 1.21. The summed E-state index contributed by atoms with van der Waals surface area (Å²) < 4.78 is 0.924. The Bertz CT molecular complexity index is 430. The molecular formula is C13H17NO2S2. The van der Waals surface area contributed by atoms with Crippen LogP contribution >= 0.6 is 23.5 Å². The summed E-state index contributed by atoms with van der Waals surface area (Å²) in [6.07, 6.45) is 10.1. The van der Waals surface area contributed by atoms with Gasteiger partial charge in [0.05, 0.1) is 15.5 Å². The van der Waals surface area contributed by atoms with Gasteiger partial charge in [-0.1, -0.05) is 13.0 Å². The lowest BCUT2D eigenvalue weighted by molar-refractivity contribution is -0.120. The van der Waals surface area contributed by atoms with Gasteiger partial charge < -0.3 is 5.32 Å². The maximum atomic E-state index is 11.9. The molecule has 1 aliphatic rings. The van der Waals surface area contributed by atoms with Crippen LogP contribution in [0.5, 0.6) is 0 Å². The molecule has 5 heteroatoms. The van der Waals surface area contributed by atoms with Gasteiger partial charge >= 0.3 is 0 Å². The summed E-state index contributed by atoms with van der Waals surface area (Å²) >= 11 is 3.04. The van der Waals surface area contributed by atoms with E-state index in [0.29, 0.717) is 17.7 Å². The van der Waals surface area contributed by atoms with Crippen LogP contribution in [-0.2, 0) is 9.59 Å². The van der Waals surface area contributed by atoms with Crippen molar-refractivity contribution < 1.29 is 9.59 Å². The van der Waals surface area contributed by atoms with Crippen molar-refractivity contribution in [1.82, 2.24) is 5.32 Å². The number of hydrogen-bond donors (Lipinski definition) is 1. The van der Waals surface area contributed by atoms with Gasteiger partial charge in [-0.05, 0) is 31.1 Å². The minimum absolute atomic E-state index is 0.0501. The normalized spacial score (nSPS) is 14.5. The minimum atomic E-state index is -0.0528. The van der Waals surface area contributed by atoms with E-state index in [1.54, 1.807) is 12.2 Å². The lowest BCUT2D eigenvalue weighted by Crippen LogP contribution is -2.26. The highest BCUT2D eigenvalue weighted by molar-refractivity contribution is 8.21. The van der Waals surface area contributed by atoms with Crippen LogP contribution in [-0.4, -0.2) is 24.2 Å². The molecule has 0 saturated carbocycles. The van der Waals surface area contributed by atoms with Crippen molar-refractivity contribution in [3.63, 3.8) is 0 Å². The molecule has 1 amide bonds. The van der Waals surface area contributed by atoms with Gasteiger partial charge in [-0.2, -0.15) is 0 Å². The van der Waals surface area contributed by atoms with E-state index >= 15 is 0 Å².